The Hall–Kier alpha value is -4.17. The lowest BCUT2D eigenvalue weighted by molar-refractivity contribution is 0.102. The normalized spacial score (nSPS) is 10.8. The minimum absolute atomic E-state index is 0.169. The first-order chi connectivity index (χ1) is 16.2. The fourth-order valence-electron chi connectivity index (χ4n) is 3.25. The standard InChI is InChI=1S/C25H19N5O2S/c31-24(29-19-9-11-21(12-10-19)32-20-7-2-1-3-8-20)18-6-4-5-17(13-18)15-33-25-22-14-28-30-23(22)26-16-27-25/h1-14,16H,15H2,(H,29,31)(H,26,27,28,30). The molecule has 0 saturated heterocycles. The number of rotatable bonds is 7. The van der Waals surface area contributed by atoms with Gasteiger partial charge in [0.2, 0.25) is 0 Å². The van der Waals surface area contributed by atoms with E-state index in [1.54, 1.807) is 24.0 Å². The minimum Gasteiger partial charge on any atom is -0.457 e. The van der Waals surface area contributed by atoms with Gasteiger partial charge >= 0.3 is 0 Å². The highest BCUT2D eigenvalue weighted by atomic mass is 32.2. The summed E-state index contributed by atoms with van der Waals surface area (Å²) in [7, 11) is 0. The summed E-state index contributed by atoms with van der Waals surface area (Å²) in [5.41, 5.74) is 3.02. The topological polar surface area (TPSA) is 92.8 Å². The number of nitrogens with one attached hydrogen (secondary N) is 2. The first kappa shape index (κ1) is 20.7. The fraction of sp³-hybridized carbons (Fsp3) is 0.0400. The molecular weight excluding hydrogens is 434 g/mol. The van der Waals surface area contributed by atoms with E-state index in [4.69, 9.17) is 4.74 Å². The summed E-state index contributed by atoms with van der Waals surface area (Å²) in [6, 6.07) is 24.4. The molecule has 0 unspecified atom stereocenters. The summed E-state index contributed by atoms with van der Waals surface area (Å²) in [6.45, 7) is 0. The number of hydrogen-bond donors (Lipinski definition) is 2. The molecular formula is C25H19N5O2S. The summed E-state index contributed by atoms with van der Waals surface area (Å²) in [6.07, 6.45) is 3.24. The van der Waals surface area contributed by atoms with Gasteiger partial charge in [0.15, 0.2) is 5.65 Å². The van der Waals surface area contributed by atoms with E-state index in [0.717, 1.165) is 21.7 Å². The Morgan fingerprint density at radius 2 is 1.76 bits per heavy atom. The first-order valence-corrected chi connectivity index (χ1v) is 11.2. The molecule has 0 aliphatic rings. The number of aromatic nitrogens is 4. The van der Waals surface area contributed by atoms with Gasteiger partial charge in [0.1, 0.15) is 22.9 Å². The molecule has 0 saturated carbocycles. The van der Waals surface area contributed by atoms with Gasteiger partial charge in [0.05, 0.1) is 11.6 Å². The Labute approximate surface area is 194 Å². The van der Waals surface area contributed by atoms with Crippen molar-refractivity contribution in [2.75, 3.05) is 5.32 Å². The molecule has 0 radical (unpaired) electrons. The summed E-state index contributed by atoms with van der Waals surface area (Å²) in [5, 5.41) is 11.5. The summed E-state index contributed by atoms with van der Waals surface area (Å²) in [4.78, 5) is 21.3. The number of aromatic amines is 1. The van der Waals surface area contributed by atoms with E-state index < -0.39 is 0 Å². The number of hydrogen-bond acceptors (Lipinski definition) is 6. The molecule has 0 aliphatic heterocycles. The van der Waals surface area contributed by atoms with Crippen molar-refractivity contribution in [1.29, 1.82) is 0 Å². The Kier molecular flexibility index (Phi) is 5.99. The largest absolute Gasteiger partial charge is 0.457 e. The van der Waals surface area contributed by atoms with Crippen molar-refractivity contribution in [3.05, 3.63) is 103 Å². The van der Waals surface area contributed by atoms with Gasteiger partial charge in [-0.15, -0.1) is 11.8 Å². The van der Waals surface area contributed by atoms with E-state index in [2.05, 4.69) is 25.5 Å². The van der Waals surface area contributed by atoms with Gasteiger partial charge in [-0.3, -0.25) is 9.89 Å². The number of fused-ring (bicyclic) bond motifs is 1. The molecule has 5 rings (SSSR count). The molecule has 2 aromatic heterocycles. The average Bonchev–Trinajstić information content (AvgIpc) is 3.34. The molecule has 2 heterocycles. The lowest BCUT2D eigenvalue weighted by Gasteiger charge is -2.09. The first-order valence-electron chi connectivity index (χ1n) is 10.2. The maximum atomic E-state index is 12.8. The number of carbonyl (C=O) groups excluding carboxylic acids is 1. The SMILES string of the molecule is O=C(Nc1ccc(Oc2ccccc2)cc1)c1cccc(CSc2ncnc3[nH]ncc23)c1. The zero-order valence-corrected chi connectivity index (χ0v) is 18.3. The molecule has 0 atom stereocenters. The van der Waals surface area contributed by atoms with Crippen LogP contribution in [0.2, 0.25) is 0 Å². The zero-order valence-electron chi connectivity index (χ0n) is 17.4. The maximum absolute atomic E-state index is 12.8. The van der Waals surface area contributed by atoms with Crippen LogP contribution in [0.25, 0.3) is 11.0 Å². The third kappa shape index (κ3) is 5.02. The quantitative estimate of drug-likeness (QED) is 0.243. The molecule has 0 fully saturated rings. The smallest absolute Gasteiger partial charge is 0.255 e. The fourth-order valence-corrected chi connectivity index (χ4v) is 4.16. The highest BCUT2D eigenvalue weighted by molar-refractivity contribution is 7.98. The van der Waals surface area contributed by atoms with Crippen molar-refractivity contribution < 1.29 is 9.53 Å². The van der Waals surface area contributed by atoms with Crippen LogP contribution in [-0.2, 0) is 5.75 Å². The number of benzene rings is 3. The number of amides is 1. The zero-order chi connectivity index (χ0) is 22.5. The van der Waals surface area contributed by atoms with E-state index in [9.17, 15) is 4.79 Å². The molecule has 3 aromatic carbocycles. The van der Waals surface area contributed by atoms with Gasteiger partial charge < -0.3 is 10.1 Å². The summed E-state index contributed by atoms with van der Waals surface area (Å²) < 4.78 is 5.79. The molecule has 0 aliphatic carbocycles. The molecule has 1 amide bonds. The Morgan fingerprint density at radius 1 is 0.939 bits per heavy atom. The molecule has 5 aromatic rings. The van der Waals surface area contributed by atoms with Crippen LogP contribution < -0.4 is 10.1 Å². The average molecular weight is 454 g/mol. The molecule has 0 spiro atoms. The number of anilines is 1. The highest BCUT2D eigenvalue weighted by Gasteiger charge is 2.10. The maximum Gasteiger partial charge on any atom is 0.255 e. The lowest BCUT2D eigenvalue weighted by Crippen LogP contribution is -2.12. The number of nitrogens with zero attached hydrogens (tertiary/aromatic N) is 3. The summed E-state index contributed by atoms with van der Waals surface area (Å²) >= 11 is 1.58. The van der Waals surface area contributed by atoms with Gasteiger partial charge in [-0.25, -0.2) is 9.97 Å². The molecule has 0 bridgehead atoms. The van der Waals surface area contributed by atoms with Crippen molar-refractivity contribution in [3.8, 4) is 11.5 Å². The minimum atomic E-state index is -0.169. The van der Waals surface area contributed by atoms with Crippen LogP contribution in [0.5, 0.6) is 11.5 Å². The van der Waals surface area contributed by atoms with Crippen LogP contribution in [0, 0.1) is 0 Å². The van der Waals surface area contributed by atoms with Gasteiger partial charge in [0.25, 0.3) is 5.91 Å². The van der Waals surface area contributed by atoms with Crippen molar-refractivity contribution in [1.82, 2.24) is 20.2 Å². The van der Waals surface area contributed by atoms with E-state index in [1.807, 2.05) is 72.8 Å². The van der Waals surface area contributed by atoms with Gasteiger partial charge in [-0.2, -0.15) is 5.10 Å². The van der Waals surface area contributed by atoms with Gasteiger partial charge in [-0.1, -0.05) is 30.3 Å². The molecule has 33 heavy (non-hydrogen) atoms. The third-order valence-electron chi connectivity index (χ3n) is 4.87. The van der Waals surface area contributed by atoms with E-state index >= 15 is 0 Å². The third-order valence-corrected chi connectivity index (χ3v) is 5.94. The Bertz CT molecular complexity index is 1390. The van der Waals surface area contributed by atoms with Crippen molar-refractivity contribution in [2.24, 2.45) is 0 Å². The molecule has 8 heteroatoms. The van der Waals surface area contributed by atoms with Crippen molar-refractivity contribution in [2.45, 2.75) is 10.8 Å². The Morgan fingerprint density at radius 3 is 2.61 bits per heavy atom. The van der Waals surface area contributed by atoms with Crippen molar-refractivity contribution >= 4 is 34.4 Å². The lowest BCUT2D eigenvalue weighted by atomic mass is 10.1. The summed E-state index contributed by atoms with van der Waals surface area (Å²) in [5.74, 6) is 1.97. The highest BCUT2D eigenvalue weighted by Crippen LogP contribution is 2.27. The predicted octanol–water partition coefficient (Wildman–Crippen LogP) is 5.69. The van der Waals surface area contributed by atoms with Crippen LogP contribution >= 0.6 is 11.8 Å². The number of thioether (sulfide) groups is 1. The number of para-hydroxylation sites is 1. The van der Waals surface area contributed by atoms with Crippen LogP contribution in [0.15, 0.2) is 96.4 Å². The van der Waals surface area contributed by atoms with Crippen LogP contribution in [0.1, 0.15) is 15.9 Å². The van der Waals surface area contributed by atoms with Gasteiger partial charge in [0, 0.05) is 17.0 Å². The van der Waals surface area contributed by atoms with Crippen LogP contribution in [0.3, 0.4) is 0 Å². The second kappa shape index (κ2) is 9.54. The predicted molar refractivity (Wildman–Crippen MR) is 129 cm³/mol. The monoisotopic (exact) mass is 453 g/mol. The van der Waals surface area contributed by atoms with Crippen LogP contribution in [0.4, 0.5) is 5.69 Å². The van der Waals surface area contributed by atoms with Crippen LogP contribution in [-0.4, -0.2) is 26.1 Å². The van der Waals surface area contributed by atoms with Crippen molar-refractivity contribution in [3.63, 3.8) is 0 Å². The molecule has 7 nitrogen and oxygen atoms in total. The van der Waals surface area contributed by atoms with E-state index in [-0.39, 0.29) is 5.91 Å². The molecule has 2 N–H and O–H groups in total. The second-order valence-corrected chi connectivity index (χ2v) is 8.16. The van der Waals surface area contributed by atoms with Gasteiger partial charge in [-0.05, 0) is 54.1 Å². The molecule has 162 valence electrons. The number of carbonyl (C=O) groups is 1. The second-order valence-electron chi connectivity index (χ2n) is 7.19. The number of H-pyrrole nitrogens is 1. The number of ether oxygens (including phenoxy) is 1. The van der Waals surface area contributed by atoms with E-state index in [0.29, 0.717) is 28.4 Å². The van der Waals surface area contributed by atoms with E-state index in [1.165, 1.54) is 6.33 Å². The Balaban J connectivity index is 1.22.